The van der Waals surface area contributed by atoms with Crippen molar-refractivity contribution in [1.29, 1.82) is 0 Å². The Bertz CT molecular complexity index is 482. The Morgan fingerprint density at radius 2 is 2.22 bits per heavy atom. The molecule has 1 aliphatic rings. The summed E-state index contributed by atoms with van der Waals surface area (Å²) in [6.07, 6.45) is 2.32. The average Bonchev–Trinajstić information content (AvgIpc) is 2.67. The summed E-state index contributed by atoms with van der Waals surface area (Å²) in [6.45, 7) is 7.35. The number of nitrogens with two attached hydrogens (primary N) is 1. The molecule has 0 amide bonds. The van der Waals surface area contributed by atoms with E-state index < -0.39 is 0 Å². The zero-order valence-electron chi connectivity index (χ0n) is 11.1. The molecule has 0 aromatic carbocycles. The molecule has 0 saturated carbocycles. The van der Waals surface area contributed by atoms with Crippen LogP contribution >= 0.6 is 0 Å². The van der Waals surface area contributed by atoms with Crippen molar-refractivity contribution in [2.24, 2.45) is 10.9 Å². The predicted octanol–water partition coefficient (Wildman–Crippen LogP) is 1.86. The highest BCUT2D eigenvalue weighted by molar-refractivity contribution is 5.97. The lowest BCUT2D eigenvalue weighted by molar-refractivity contribution is 0.318. The maximum absolute atomic E-state index is 8.77. The minimum absolute atomic E-state index is 0.114. The van der Waals surface area contributed by atoms with Gasteiger partial charge in [-0.15, -0.1) is 0 Å². The quantitative estimate of drug-likeness (QED) is 0.362. The fourth-order valence-corrected chi connectivity index (χ4v) is 2.53. The van der Waals surface area contributed by atoms with Gasteiger partial charge in [-0.1, -0.05) is 5.16 Å². The first-order valence-corrected chi connectivity index (χ1v) is 6.18. The Morgan fingerprint density at radius 1 is 1.50 bits per heavy atom. The van der Waals surface area contributed by atoms with E-state index in [4.69, 9.17) is 10.9 Å². The fraction of sp³-hybridized carbons (Fsp3) is 0.538. The van der Waals surface area contributed by atoms with Gasteiger partial charge in [-0.25, -0.2) is 4.98 Å². The van der Waals surface area contributed by atoms with Crippen molar-refractivity contribution in [3.05, 3.63) is 23.4 Å². The van der Waals surface area contributed by atoms with Crippen LogP contribution in [-0.2, 0) is 0 Å². The summed E-state index contributed by atoms with van der Waals surface area (Å²) in [5, 5.41) is 11.8. The summed E-state index contributed by atoms with van der Waals surface area (Å²) in [7, 11) is 0. The number of pyridine rings is 1. The smallest absolute Gasteiger partial charge is 0.170 e. The van der Waals surface area contributed by atoms with Crippen molar-refractivity contribution in [3.8, 4) is 0 Å². The van der Waals surface area contributed by atoms with Crippen LogP contribution in [0.15, 0.2) is 17.3 Å². The van der Waals surface area contributed by atoms with Gasteiger partial charge in [0.05, 0.1) is 0 Å². The van der Waals surface area contributed by atoms with Gasteiger partial charge in [0, 0.05) is 23.3 Å². The van der Waals surface area contributed by atoms with Crippen LogP contribution in [-0.4, -0.2) is 28.1 Å². The number of nitrogens with zero attached hydrogens (tertiary/aromatic N) is 3. The Balaban J connectivity index is 2.43. The van der Waals surface area contributed by atoms with Crippen molar-refractivity contribution < 1.29 is 5.21 Å². The zero-order valence-corrected chi connectivity index (χ0v) is 11.1. The molecule has 0 aliphatic carbocycles. The molecule has 98 valence electrons. The Kier molecular flexibility index (Phi) is 3.15. The number of rotatable bonds is 2. The maximum Gasteiger partial charge on any atom is 0.170 e. The average molecular weight is 248 g/mol. The molecule has 1 aromatic rings. The number of aryl methyl sites for hydroxylation is 1. The third-order valence-electron chi connectivity index (χ3n) is 3.52. The van der Waals surface area contributed by atoms with Crippen molar-refractivity contribution in [1.82, 2.24) is 4.98 Å². The fourth-order valence-electron chi connectivity index (χ4n) is 2.53. The molecule has 18 heavy (non-hydrogen) atoms. The minimum atomic E-state index is 0.114. The molecule has 2 heterocycles. The summed E-state index contributed by atoms with van der Waals surface area (Å²) in [5.41, 5.74) is 7.35. The maximum atomic E-state index is 8.77. The second-order valence-electron chi connectivity index (χ2n) is 5.41. The van der Waals surface area contributed by atoms with E-state index in [1.165, 1.54) is 6.42 Å². The van der Waals surface area contributed by atoms with Crippen molar-refractivity contribution in [2.75, 3.05) is 11.4 Å². The SMILES string of the molecule is Cc1cc(/C(N)=N/O)cc(N2CCCC2(C)C)n1. The predicted molar refractivity (Wildman–Crippen MR) is 72.1 cm³/mol. The van der Waals surface area contributed by atoms with Gasteiger partial charge in [-0.2, -0.15) is 0 Å². The van der Waals surface area contributed by atoms with Crippen LogP contribution in [0, 0.1) is 6.92 Å². The number of amidine groups is 1. The molecule has 0 bridgehead atoms. The van der Waals surface area contributed by atoms with Gasteiger partial charge in [0.2, 0.25) is 0 Å². The molecule has 3 N–H and O–H groups in total. The number of aromatic nitrogens is 1. The lowest BCUT2D eigenvalue weighted by Crippen LogP contribution is -2.39. The van der Waals surface area contributed by atoms with Crippen LogP contribution in [0.1, 0.15) is 37.9 Å². The standard InChI is InChI=1S/C13H20N4O/c1-9-7-10(12(14)16-18)8-11(15-9)17-6-4-5-13(17,2)3/h7-8,18H,4-6H2,1-3H3,(H2,14,16). The zero-order chi connectivity index (χ0) is 13.3. The highest BCUT2D eigenvalue weighted by atomic mass is 16.4. The second-order valence-corrected chi connectivity index (χ2v) is 5.41. The highest BCUT2D eigenvalue weighted by Crippen LogP contribution is 2.32. The van der Waals surface area contributed by atoms with Crippen molar-refractivity contribution in [3.63, 3.8) is 0 Å². The van der Waals surface area contributed by atoms with E-state index in [0.717, 1.165) is 24.5 Å². The summed E-state index contributed by atoms with van der Waals surface area (Å²) >= 11 is 0. The van der Waals surface area contributed by atoms with Crippen molar-refractivity contribution >= 4 is 11.7 Å². The van der Waals surface area contributed by atoms with Crippen LogP contribution in [0.2, 0.25) is 0 Å². The third kappa shape index (κ3) is 2.25. The Labute approximate surface area is 107 Å². The van der Waals surface area contributed by atoms with E-state index in [-0.39, 0.29) is 11.4 Å². The molecule has 2 rings (SSSR count). The Hall–Kier alpha value is -1.78. The van der Waals surface area contributed by atoms with Crippen LogP contribution in [0.4, 0.5) is 5.82 Å². The molecular weight excluding hydrogens is 228 g/mol. The van der Waals surface area contributed by atoms with Crippen LogP contribution in [0.5, 0.6) is 0 Å². The normalized spacial score (nSPS) is 19.3. The molecule has 0 unspecified atom stereocenters. The first-order chi connectivity index (χ1) is 8.44. The lowest BCUT2D eigenvalue weighted by atomic mass is 10.0. The van der Waals surface area contributed by atoms with E-state index in [1.54, 1.807) is 0 Å². The third-order valence-corrected chi connectivity index (χ3v) is 3.52. The van der Waals surface area contributed by atoms with E-state index >= 15 is 0 Å². The summed E-state index contributed by atoms with van der Waals surface area (Å²) in [5.74, 6) is 1.03. The van der Waals surface area contributed by atoms with Gasteiger partial charge in [-0.3, -0.25) is 0 Å². The highest BCUT2D eigenvalue weighted by Gasteiger charge is 2.33. The number of oxime groups is 1. The minimum Gasteiger partial charge on any atom is -0.409 e. The van der Waals surface area contributed by atoms with Gasteiger partial charge >= 0.3 is 0 Å². The molecule has 1 aromatic heterocycles. The molecule has 1 aliphatic heterocycles. The molecule has 0 atom stereocenters. The Morgan fingerprint density at radius 3 is 2.78 bits per heavy atom. The second kappa shape index (κ2) is 4.48. The summed E-state index contributed by atoms with van der Waals surface area (Å²) in [4.78, 5) is 6.85. The molecule has 5 heteroatoms. The van der Waals surface area contributed by atoms with Gasteiger partial charge in [-0.05, 0) is 45.7 Å². The number of hydrogen-bond acceptors (Lipinski definition) is 4. The summed E-state index contributed by atoms with van der Waals surface area (Å²) in [6, 6.07) is 3.71. The number of anilines is 1. The van der Waals surface area contributed by atoms with Crippen LogP contribution in [0.25, 0.3) is 0 Å². The molecule has 1 fully saturated rings. The lowest BCUT2D eigenvalue weighted by Gasteiger charge is -2.33. The first-order valence-electron chi connectivity index (χ1n) is 6.18. The van der Waals surface area contributed by atoms with Crippen LogP contribution < -0.4 is 10.6 Å². The van der Waals surface area contributed by atoms with Crippen LogP contribution in [0.3, 0.4) is 0 Å². The van der Waals surface area contributed by atoms with E-state index in [1.807, 2.05) is 19.1 Å². The van der Waals surface area contributed by atoms with E-state index in [9.17, 15) is 0 Å². The molecule has 0 spiro atoms. The number of hydrogen-bond donors (Lipinski definition) is 2. The van der Waals surface area contributed by atoms with Gasteiger partial charge in [0.1, 0.15) is 5.82 Å². The van der Waals surface area contributed by atoms with Crippen molar-refractivity contribution in [2.45, 2.75) is 39.2 Å². The largest absolute Gasteiger partial charge is 0.409 e. The van der Waals surface area contributed by atoms with Gasteiger partial charge in [0.15, 0.2) is 5.84 Å². The van der Waals surface area contributed by atoms with Gasteiger partial charge < -0.3 is 15.8 Å². The molecule has 5 nitrogen and oxygen atoms in total. The van der Waals surface area contributed by atoms with Gasteiger partial charge in [0.25, 0.3) is 0 Å². The van der Waals surface area contributed by atoms with E-state index in [2.05, 4.69) is 28.9 Å². The molecule has 1 saturated heterocycles. The monoisotopic (exact) mass is 248 g/mol. The van der Waals surface area contributed by atoms with E-state index in [0.29, 0.717) is 5.56 Å². The summed E-state index contributed by atoms with van der Waals surface area (Å²) < 4.78 is 0. The molecule has 0 radical (unpaired) electrons. The first kappa shape index (κ1) is 12.7. The topological polar surface area (TPSA) is 74.7 Å². The molecular formula is C13H20N4O.